The zero-order valence-corrected chi connectivity index (χ0v) is 29.1. The molecule has 0 radical (unpaired) electrons. The van der Waals surface area contributed by atoms with Crippen molar-refractivity contribution >= 4 is 35.5 Å². The van der Waals surface area contributed by atoms with E-state index in [-0.39, 0.29) is 35.0 Å². The number of rotatable bonds is 13. The van der Waals surface area contributed by atoms with E-state index in [1.165, 1.54) is 4.90 Å². The number of ether oxygens (including phenoxy) is 1. The van der Waals surface area contributed by atoms with E-state index < -0.39 is 71.2 Å². The fourth-order valence-electron chi connectivity index (χ4n) is 7.33. The standard InChI is InChI=1S/C36H51N5O7/c1-18(2)24(33(46)48-28(21-15-16-21)20-11-9-8-10-12-20)39-34(47)40-29(35(3,4)5)32(45)41-17-22-23(36(22,6)7)26(41)31(44)38-25(19-13-14-19)27(42)30(37)43/h8-12,18-19,21-26,28-29H,13-17H2,1-7H3,(H2,37,43)(H,38,44)(H2,39,40,47)/t22-,23-,24-,25?,26-,28?,29+/m0/s1. The summed E-state index contributed by atoms with van der Waals surface area (Å²) in [6.45, 7) is 13.5. The van der Waals surface area contributed by atoms with Gasteiger partial charge in [-0.25, -0.2) is 9.59 Å². The molecule has 5 N–H and O–H groups in total. The van der Waals surface area contributed by atoms with E-state index in [2.05, 4.69) is 16.0 Å². The maximum Gasteiger partial charge on any atom is 0.329 e. The van der Waals surface area contributed by atoms with Crippen molar-refractivity contribution in [3.05, 3.63) is 35.9 Å². The van der Waals surface area contributed by atoms with Gasteiger partial charge in [-0.2, -0.15) is 0 Å². The Kier molecular flexibility index (Phi) is 9.69. The molecule has 0 spiro atoms. The highest BCUT2D eigenvalue weighted by molar-refractivity contribution is 6.38. The van der Waals surface area contributed by atoms with Crippen LogP contribution in [-0.2, 0) is 28.7 Å². The van der Waals surface area contributed by atoms with Crippen LogP contribution in [0.3, 0.4) is 0 Å². The highest BCUT2D eigenvalue weighted by Crippen LogP contribution is 2.65. The van der Waals surface area contributed by atoms with Crippen molar-refractivity contribution in [1.82, 2.24) is 20.9 Å². The van der Waals surface area contributed by atoms with E-state index in [4.69, 9.17) is 10.5 Å². The van der Waals surface area contributed by atoms with Crippen LogP contribution < -0.4 is 21.7 Å². The topological polar surface area (TPSA) is 177 Å². The summed E-state index contributed by atoms with van der Waals surface area (Å²) in [7, 11) is 0. The highest BCUT2D eigenvalue weighted by Gasteiger charge is 2.70. The average molecular weight is 666 g/mol. The van der Waals surface area contributed by atoms with Gasteiger partial charge in [0.25, 0.3) is 5.91 Å². The number of primary amides is 1. The van der Waals surface area contributed by atoms with Crippen LogP contribution in [0.4, 0.5) is 4.79 Å². The number of hydrogen-bond donors (Lipinski definition) is 4. The first-order chi connectivity index (χ1) is 22.4. The second kappa shape index (κ2) is 13.2. The van der Waals surface area contributed by atoms with Gasteiger partial charge in [0.15, 0.2) is 0 Å². The van der Waals surface area contributed by atoms with Crippen LogP contribution in [0.5, 0.6) is 0 Å². The minimum absolute atomic E-state index is 0.0574. The van der Waals surface area contributed by atoms with Crippen LogP contribution in [0.15, 0.2) is 30.3 Å². The van der Waals surface area contributed by atoms with Crippen molar-refractivity contribution in [3.8, 4) is 0 Å². The molecule has 4 fully saturated rings. The molecule has 0 aromatic heterocycles. The normalized spacial score (nSPS) is 25.2. The SMILES string of the molecule is CC(C)[C@H](NC(=O)N[C@H](C(=O)N1C[C@H]2[C@@H]([C@H]1C(=O)NC(C(=O)C(N)=O)C1CC1)C2(C)C)C(C)(C)C)C(=O)OC(c1ccccc1)C1CC1. The first-order valence-corrected chi connectivity index (χ1v) is 17.2. The zero-order valence-electron chi connectivity index (χ0n) is 29.1. The number of Topliss-reactive ketones (excluding diaryl/α,β-unsaturated/α-hetero) is 1. The minimum atomic E-state index is -1.11. The van der Waals surface area contributed by atoms with Crippen molar-refractivity contribution in [3.63, 3.8) is 0 Å². The van der Waals surface area contributed by atoms with Gasteiger partial charge in [-0.05, 0) is 65.7 Å². The Morgan fingerprint density at radius 3 is 2.04 bits per heavy atom. The predicted octanol–water partition coefficient (Wildman–Crippen LogP) is 2.85. The van der Waals surface area contributed by atoms with E-state index in [1.54, 1.807) is 0 Å². The molecule has 1 aromatic carbocycles. The number of nitrogens with two attached hydrogens (primary N) is 1. The summed E-state index contributed by atoms with van der Waals surface area (Å²) in [5.41, 5.74) is 5.22. The first kappa shape index (κ1) is 35.3. The Morgan fingerprint density at radius 2 is 1.52 bits per heavy atom. The number of benzene rings is 1. The molecular formula is C36H51N5O7. The lowest BCUT2D eigenvalue weighted by Crippen LogP contribution is -2.62. The lowest BCUT2D eigenvalue weighted by molar-refractivity contribution is -0.154. The third kappa shape index (κ3) is 7.37. The molecular weight excluding hydrogens is 614 g/mol. The van der Waals surface area contributed by atoms with Gasteiger partial charge in [-0.1, -0.05) is 78.8 Å². The molecule has 1 saturated heterocycles. The van der Waals surface area contributed by atoms with Gasteiger partial charge in [0, 0.05) is 12.5 Å². The van der Waals surface area contributed by atoms with Gasteiger partial charge >= 0.3 is 12.0 Å². The van der Waals surface area contributed by atoms with Crippen molar-refractivity contribution < 1.29 is 33.5 Å². The fraction of sp³-hybridized carbons (Fsp3) is 0.667. The van der Waals surface area contributed by atoms with Crippen LogP contribution in [0.25, 0.3) is 0 Å². The number of ketones is 1. The summed E-state index contributed by atoms with van der Waals surface area (Å²) in [5, 5.41) is 8.32. The number of amides is 5. The molecule has 12 heteroatoms. The Hall–Kier alpha value is -3.96. The summed E-state index contributed by atoms with van der Waals surface area (Å²) in [6.07, 6.45) is 2.90. The maximum atomic E-state index is 14.3. The number of carbonyl (C=O) groups is 6. The first-order valence-electron chi connectivity index (χ1n) is 17.2. The third-order valence-corrected chi connectivity index (χ3v) is 10.7. The number of carbonyl (C=O) groups excluding carboxylic acids is 6. The van der Waals surface area contributed by atoms with Crippen LogP contribution in [0, 0.1) is 40.4 Å². The monoisotopic (exact) mass is 665 g/mol. The van der Waals surface area contributed by atoms with Crippen LogP contribution in [0.2, 0.25) is 0 Å². The molecule has 1 heterocycles. The number of hydrogen-bond acceptors (Lipinski definition) is 7. The molecule has 0 bridgehead atoms. The van der Waals surface area contributed by atoms with Gasteiger partial charge in [0.05, 0.1) is 0 Å². The number of esters is 1. The van der Waals surface area contributed by atoms with Crippen molar-refractivity contribution in [2.45, 2.75) is 104 Å². The van der Waals surface area contributed by atoms with Gasteiger partial charge in [-0.3, -0.25) is 19.2 Å². The Balaban J connectivity index is 1.30. The number of piperidine rings is 1. The van der Waals surface area contributed by atoms with E-state index in [0.29, 0.717) is 19.4 Å². The van der Waals surface area contributed by atoms with Gasteiger partial charge < -0.3 is 31.3 Å². The van der Waals surface area contributed by atoms with Gasteiger partial charge in [-0.15, -0.1) is 0 Å². The fourth-order valence-corrected chi connectivity index (χ4v) is 7.33. The second-order valence-electron chi connectivity index (χ2n) is 16.2. The number of likely N-dealkylation sites (tertiary alicyclic amines) is 1. The summed E-state index contributed by atoms with van der Waals surface area (Å²) in [6, 6.07) is 4.94. The summed E-state index contributed by atoms with van der Waals surface area (Å²) < 4.78 is 5.99. The molecule has 48 heavy (non-hydrogen) atoms. The lowest BCUT2D eigenvalue weighted by atomic mass is 9.85. The molecule has 262 valence electrons. The quantitative estimate of drug-likeness (QED) is 0.185. The number of fused-ring (bicyclic) bond motifs is 1. The Labute approximate surface area is 282 Å². The van der Waals surface area contributed by atoms with Crippen LogP contribution in [-0.4, -0.2) is 71.1 Å². The van der Waals surface area contributed by atoms with Crippen molar-refractivity contribution in [2.75, 3.05) is 6.54 Å². The lowest BCUT2D eigenvalue weighted by Gasteiger charge is -2.38. The maximum absolute atomic E-state index is 14.3. The molecule has 3 saturated carbocycles. The Morgan fingerprint density at radius 1 is 0.917 bits per heavy atom. The van der Waals surface area contributed by atoms with Crippen molar-refractivity contribution in [2.24, 2.45) is 46.2 Å². The van der Waals surface area contributed by atoms with E-state index in [1.807, 2.05) is 78.8 Å². The van der Waals surface area contributed by atoms with E-state index in [9.17, 15) is 28.8 Å². The smallest absolute Gasteiger partial charge is 0.329 e. The average Bonchev–Trinajstić information content (AvgIpc) is 3.96. The van der Waals surface area contributed by atoms with Crippen LogP contribution >= 0.6 is 0 Å². The largest absolute Gasteiger partial charge is 0.456 e. The number of nitrogens with zero attached hydrogens (tertiary/aromatic N) is 1. The highest BCUT2D eigenvalue weighted by atomic mass is 16.5. The van der Waals surface area contributed by atoms with Crippen molar-refractivity contribution in [1.29, 1.82) is 0 Å². The van der Waals surface area contributed by atoms with Gasteiger partial charge in [0.1, 0.15) is 30.3 Å². The number of urea groups is 1. The number of nitrogens with one attached hydrogen (secondary N) is 3. The third-order valence-electron chi connectivity index (χ3n) is 10.7. The summed E-state index contributed by atoms with van der Waals surface area (Å²) in [5.74, 6) is -3.76. The molecule has 1 aliphatic heterocycles. The predicted molar refractivity (Wildman–Crippen MR) is 177 cm³/mol. The summed E-state index contributed by atoms with van der Waals surface area (Å²) in [4.78, 5) is 80.9. The molecule has 3 aliphatic carbocycles. The van der Waals surface area contributed by atoms with E-state index >= 15 is 0 Å². The zero-order chi connectivity index (χ0) is 35.3. The summed E-state index contributed by atoms with van der Waals surface area (Å²) >= 11 is 0. The molecule has 5 amide bonds. The molecule has 5 rings (SSSR count). The molecule has 12 nitrogen and oxygen atoms in total. The van der Waals surface area contributed by atoms with Crippen LogP contribution in [0.1, 0.15) is 85.8 Å². The Bertz CT molecular complexity index is 1450. The second-order valence-corrected chi connectivity index (χ2v) is 16.2. The minimum Gasteiger partial charge on any atom is -0.456 e. The molecule has 2 unspecified atom stereocenters. The van der Waals surface area contributed by atoms with Gasteiger partial charge in [0.2, 0.25) is 17.6 Å². The van der Waals surface area contributed by atoms with E-state index in [0.717, 1.165) is 18.4 Å². The molecule has 7 atom stereocenters. The molecule has 4 aliphatic rings. The molecule has 1 aromatic rings.